The first-order chi connectivity index (χ1) is 16.6. The monoisotopic (exact) mass is 516 g/mol. The molecule has 0 aromatic carbocycles. The van der Waals surface area contributed by atoms with E-state index in [0.29, 0.717) is 29.6 Å². The van der Waals surface area contributed by atoms with E-state index in [2.05, 4.69) is 48.1 Å². The summed E-state index contributed by atoms with van der Waals surface area (Å²) < 4.78 is 5.89. The Hall–Kier alpha value is -0.830. The summed E-state index contributed by atoms with van der Waals surface area (Å²) in [6.45, 7) is 20.6. The molecule has 5 fully saturated rings. The number of carbonyl (C=O) groups excluding carboxylic acids is 2. The Labute approximate surface area is 224 Å². The smallest absolute Gasteiger partial charge is 0.302 e. The lowest BCUT2D eigenvalue weighted by Gasteiger charge is -2.72. The number of allylic oxidation sites excluding steroid dienone is 1. The molecule has 0 saturated heterocycles. The van der Waals surface area contributed by atoms with E-state index in [9.17, 15) is 9.59 Å². The molecule has 202 valence electrons. The zero-order chi connectivity index (χ0) is 26.5. The van der Waals surface area contributed by atoms with Gasteiger partial charge in [0.05, 0.1) is 0 Å². The van der Waals surface area contributed by atoms with Gasteiger partial charge in [-0.05, 0) is 129 Å². The quantitative estimate of drug-likeness (QED) is 0.215. The van der Waals surface area contributed by atoms with Crippen LogP contribution in [0.4, 0.5) is 0 Å². The van der Waals surface area contributed by atoms with Crippen LogP contribution in [0.2, 0.25) is 0 Å². The average Bonchev–Trinajstić information content (AvgIpc) is 3.17. The molecule has 0 spiro atoms. The maximum Gasteiger partial charge on any atom is 0.302 e. The fraction of sp³-hybridized carbons (Fsp3) is 0.875. The molecule has 0 amide bonds. The number of rotatable bonds is 3. The second-order valence-corrected chi connectivity index (χ2v) is 15.4. The van der Waals surface area contributed by atoms with E-state index in [4.69, 9.17) is 16.3 Å². The summed E-state index contributed by atoms with van der Waals surface area (Å²) >= 11 is 6.46. The van der Waals surface area contributed by atoms with Crippen molar-refractivity contribution >= 4 is 22.8 Å². The Kier molecular flexibility index (Phi) is 6.19. The molecule has 0 aromatic heterocycles. The van der Waals surface area contributed by atoms with Crippen molar-refractivity contribution < 1.29 is 14.3 Å². The Bertz CT molecular complexity index is 970. The Morgan fingerprint density at radius 1 is 0.806 bits per heavy atom. The average molecular weight is 517 g/mol. The van der Waals surface area contributed by atoms with Gasteiger partial charge in [-0.1, -0.05) is 46.8 Å². The lowest BCUT2D eigenvalue weighted by atomic mass is 9.32. The summed E-state index contributed by atoms with van der Waals surface area (Å²) in [4.78, 5) is 24.9. The molecule has 0 heterocycles. The van der Waals surface area contributed by atoms with Crippen LogP contribution in [0.25, 0.3) is 0 Å². The summed E-state index contributed by atoms with van der Waals surface area (Å²) in [5, 5.41) is -0.0770. The van der Waals surface area contributed by atoms with E-state index in [-0.39, 0.29) is 44.4 Å². The third-order valence-corrected chi connectivity index (χ3v) is 14.1. The largest absolute Gasteiger partial charge is 0.462 e. The molecule has 0 bridgehead atoms. The van der Waals surface area contributed by atoms with Crippen molar-refractivity contribution in [3.8, 4) is 0 Å². The van der Waals surface area contributed by atoms with Gasteiger partial charge < -0.3 is 4.74 Å². The van der Waals surface area contributed by atoms with E-state index in [0.717, 1.165) is 38.5 Å². The molecule has 0 aromatic rings. The van der Waals surface area contributed by atoms with Crippen LogP contribution in [0, 0.1) is 56.7 Å². The predicted molar refractivity (Wildman–Crippen MR) is 145 cm³/mol. The summed E-state index contributed by atoms with van der Waals surface area (Å²) in [6.07, 6.45) is 11.1. The molecule has 10 atom stereocenters. The Morgan fingerprint density at radius 3 is 2.11 bits per heavy atom. The molecule has 4 heteroatoms. The minimum atomic E-state index is -0.344. The van der Waals surface area contributed by atoms with Gasteiger partial charge >= 0.3 is 5.97 Å². The van der Waals surface area contributed by atoms with Gasteiger partial charge in [-0.25, -0.2) is 0 Å². The Morgan fingerprint density at radius 2 is 1.50 bits per heavy atom. The van der Waals surface area contributed by atoms with Crippen molar-refractivity contribution in [2.45, 2.75) is 119 Å². The summed E-state index contributed by atoms with van der Waals surface area (Å²) in [5.41, 5.74) is 1.60. The molecule has 5 aliphatic rings. The lowest BCUT2D eigenvalue weighted by Crippen LogP contribution is -2.67. The van der Waals surface area contributed by atoms with E-state index in [1.807, 2.05) is 0 Å². The molecular weight excluding hydrogens is 468 g/mol. The first-order valence-corrected chi connectivity index (χ1v) is 15.1. The molecule has 3 nitrogen and oxygen atoms in total. The van der Waals surface area contributed by atoms with Gasteiger partial charge in [0.25, 0.3) is 0 Å². The van der Waals surface area contributed by atoms with Crippen molar-refractivity contribution in [2.75, 3.05) is 0 Å². The minimum absolute atomic E-state index is 0.0129. The van der Waals surface area contributed by atoms with Gasteiger partial charge in [0.15, 0.2) is 0 Å². The molecule has 0 N–H and O–H groups in total. The predicted octanol–water partition coefficient (Wildman–Crippen LogP) is 8.34. The molecule has 36 heavy (non-hydrogen) atoms. The van der Waals surface area contributed by atoms with E-state index in [1.165, 1.54) is 31.3 Å². The van der Waals surface area contributed by atoms with E-state index < -0.39 is 0 Å². The number of hydrogen-bond acceptors (Lipinski definition) is 3. The first kappa shape index (κ1) is 26.8. The highest BCUT2D eigenvalue weighted by atomic mass is 35.5. The maximum atomic E-state index is 13.0. The summed E-state index contributed by atoms with van der Waals surface area (Å²) in [6, 6.07) is 0. The first-order valence-electron chi connectivity index (χ1n) is 14.7. The zero-order valence-electron chi connectivity index (χ0n) is 23.8. The highest BCUT2D eigenvalue weighted by Crippen LogP contribution is 2.77. The number of hydrogen-bond donors (Lipinski definition) is 0. The molecule has 5 saturated carbocycles. The number of halogens is 1. The van der Waals surface area contributed by atoms with Gasteiger partial charge in [-0.3, -0.25) is 9.59 Å². The van der Waals surface area contributed by atoms with Crippen LogP contribution < -0.4 is 0 Å². The molecule has 5 rings (SSSR count). The fourth-order valence-electron chi connectivity index (χ4n) is 11.9. The van der Waals surface area contributed by atoms with Gasteiger partial charge in [-0.2, -0.15) is 0 Å². The third kappa shape index (κ3) is 3.29. The zero-order valence-corrected chi connectivity index (χ0v) is 24.6. The van der Waals surface area contributed by atoms with E-state index in [1.54, 1.807) is 6.92 Å². The normalized spacial score (nSPS) is 51.2. The van der Waals surface area contributed by atoms with Crippen molar-refractivity contribution in [3.63, 3.8) is 0 Å². The molecule has 0 radical (unpaired) electrons. The van der Waals surface area contributed by atoms with Crippen molar-refractivity contribution in [1.29, 1.82) is 0 Å². The topological polar surface area (TPSA) is 43.4 Å². The number of esters is 1. The highest BCUT2D eigenvalue weighted by molar-refractivity contribution is 6.64. The van der Waals surface area contributed by atoms with E-state index >= 15 is 0 Å². The fourth-order valence-corrected chi connectivity index (χ4v) is 12.2. The lowest BCUT2D eigenvalue weighted by molar-refractivity contribution is -0.248. The van der Waals surface area contributed by atoms with Crippen molar-refractivity contribution in [2.24, 2.45) is 56.7 Å². The van der Waals surface area contributed by atoms with Crippen molar-refractivity contribution in [1.82, 2.24) is 0 Å². The SMILES string of the molecule is C=C(C)[C@@H]1CC[C@]2(C(=O)Cl)CC[C@]3(C)C(CCC4[C@@]5(C)CC[C@H](OC(C)=O)C(C)(C)C5CC[C@]43C)C12. The standard InChI is InChI=1S/C32H49ClO3/c1-19(2)21-11-16-32(27(33)35)18-17-30(7)22(26(21)32)9-10-24-29(6)14-13-25(36-20(3)34)28(4,5)23(29)12-15-31(24,30)8/h21-26H,1,9-18H2,2-8H3/t21-,22?,23?,24?,25-,26?,29-,30+,31+,32-/m0/s1. The number of ether oxygens (including phenoxy) is 1. The highest BCUT2D eigenvalue weighted by Gasteiger charge is 2.71. The van der Waals surface area contributed by atoms with Crippen LogP contribution in [0.5, 0.6) is 0 Å². The summed E-state index contributed by atoms with van der Waals surface area (Å²) in [5.74, 6) is 2.37. The van der Waals surface area contributed by atoms with Crippen LogP contribution >= 0.6 is 11.6 Å². The van der Waals surface area contributed by atoms with Crippen LogP contribution in [0.1, 0.15) is 113 Å². The van der Waals surface area contributed by atoms with Crippen LogP contribution in [-0.2, 0) is 14.3 Å². The summed E-state index contributed by atoms with van der Waals surface area (Å²) in [7, 11) is 0. The maximum absolute atomic E-state index is 13.0. The molecule has 5 aliphatic carbocycles. The van der Waals surface area contributed by atoms with Crippen molar-refractivity contribution in [3.05, 3.63) is 12.2 Å². The minimum Gasteiger partial charge on any atom is -0.462 e. The number of fused-ring (bicyclic) bond motifs is 7. The van der Waals surface area contributed by atoms with Gasteiger partial charge in [-0.15, -0.1) is 0 Å². The number of carbonyl (C=O) groups is 2. The van der Waals surface area contributed by atoms with Gasteiger partial charge in [0.2, 0.25) is 5.24 Å². The third-order valence-electron chi connectivity index (χ3n) is 13.7. The molecular formula is C32H49ClO3. The van der Waals surface area contributed by atoms with Gasteiger partial charge in [0.1, 0.15) is 6.10 Å². The van der Waals surface area contributed by atoms with Gasteiger partial charge in [0, 0.05) is 17.8 Å². The second kappa shape index (κ2) is 8.33. The Balaban J connectivity index is 1.52. The van der Waals surface area contributed by atoms with Crippen LogP contribution in [-0.4, -0.2) is 17.3 Å². The van der Waals surface area contributed by atoms with Crippen LogP contribution in [0.3, 0.4) is 0 Å². The van der Waals surface area contributed by atoms with Crippen LogP contribution in [0.15, 0.2) is 12.2 Å². The molecule has 0 aliphatic heterocycles. The molecule has 4 unspecified atom stereocenters. The second-order valence-electron chi connectivity index (χ2n) is 15.1.